The molecule has 1 aromatic heterocycles. The standard InChI is InChI=1S/C21H35N2.BF4/c1-3-5-7-9-13-17-22-19-23(18-14-10-8-6-4-2)21-16-12-11-15-20(21)22;2-1(3,4)5/h11-12,15-16,19H,3-10,13-14,17-18H2,1-2H3;/q+1;-1. The summed E-state index contributed by atoms with van der Waals surface area (Å²) in [6.07, 6.45) is 15.8. The van der Waals surface area contributed by atoms with E-state index in [-0.39, 0.29) is 0 Å². The molecule has 0 saturated heterocycles. The molecule has 0 aliphatic heterocycles. The minimum Gasteiger partial charge on any atom is -0.418 e. The van der Waals surface area contributed by atoms with Gasteiger partial charge < -0.3 is 17.3 Å². The van der Waals surface area contributed by atoms with Crippen molar-refractivity contribution in [2.24, 2.45) is 0 Å². The maximum absolute atomic E-state index is 9.75. The van der Waals surface area contributed by atoms with E-state index >= 15 is 0 Å². The Labute approximate surface area is 167 Å². The average Bonchev–Trinajstić information content (AvgIpc) is 2.98. The van der Waals surface area contributed by atoms with Crippen molar-refractivity contribution in [2.75, 3.05) is 0 Å². The van der Waals surface area contributed by atoms with Crippen molar-refractivity contribution in [1.29, 1.82) is 0 Å². The highest BCUT2D eigenvalue weighted by molar-refractivity contribution is 6.50. The Morgan fingerprint density at radius 1 is 0.786 bits per heavy atom. The number of halogens is 4. The number of rotatable bonds is 12. The van der Waals surface area contributed by atoms with Crippen LogP contribution < -0.4 is 4.57 Å². The molecule has 160 valence electrons. The van der Waals surface area contributed by atoms with Crippen LogP contribution in [0.3, 0.4) is 0 Å². The van der Waals surface area contributed by atoms with Crippen LogP contribution in [0.4, 0.5) is 17.3 Å². The third kappa shape index (κ3) is 10.7. The van der Waals surface area contributed by atoms with Crippen molar-refractivity contribution in [2.45, 2.75) is 91.1 Å². The predicted molar refractivity (Wildman–Crippen MR) is 110 cm³/mol. The molecule has 0 N–H and O–H groups in total. The first kappa shape index (κ1) is 24.5. The SMILES string of the molecule is CCCCCCCn1c[n+](CCCCCCC)c2ccccc21.F[B-](F)(F)F. The van der Waals surface area contributed by atoms with Crippen LogP contribution in [0.25, 0.3) is 11.0 Å². The summed E-state index contributed by atoms with van der Waals surface area (Å²) in [4.78, 5) is 0. The maximum atomic E-state index is 9.75. The Balaban J connectivity index is 0.000000696. The molecule has 1 heterocycles. The summed E-state index contributed by atoms with van der Waals surface area (Å²) in [6, 6.07) is 8.88. The van der Waals surface area contributed by atoms with Crippen LogP contribution in [0.5, 0.6) is 0 Å². The van der Waals surface area contributed by atoms with Gasteiger partial charge in [-0.15, -0.1) is 0 Å². The molecule has 2 rings (SSSR count). The van der Waals surface area contributed by atoms with Gasteiger partial charge in [-0.2, -0.15) is 0 Å². The second-order valence-electron chi connectivity index (χ2n) is 7.31. The van der Waals surface area contributed by atoms with E-state index < -0.39 is 7.25 Å². The van der Waals surface area contributed by atoms with Crippen LogP contribution in [0.2, 0.25) is 0 Å². The third-order valence-electron chi connectivity index (χ3n) is 4.78. The van der Waals surface area contributed by atoms with E-state index in [4.69, 9.17) is 0 Å². The van der Waals surface area contributed by atoms with E-state index in [1.807, 2.05) is 0 Å². The molecule has 0 fully saturated rings. The lowest BCUT2D eigenvalue weighted by Gasteiger charge is -1.99. The normalized spacial score (nSPS) is 11.5. The number of hydrogen-bond acceptors (Lipinski definition) is 0. The lowest BCUT2D eigenvalue weighted by molar-refractivity contribution is -0.672. The smallest absolute Gasteiger partial charge is 0.418 e. The summed E-state index contributed by atoms with van der Waals surface area (Å²) in [5.74, 6) is 0. The Morgan fingerprint density at radius 2 is 1.32 bits per heavy atom. The van der Waals surface area contributed by atoms with Gasteiger partial charge in [0.15, 0.2) is 11.0 Å². The third-order valence-corrected chi connectivity index (χ3v) is 4.78. The average molecular weight is 402 g/mol. The fourth-order valence-electron chi connectivity index (χ4n) is 3.37. The number of nitrogens with zero attached hydrogens (tertiary/aromatic N) is 2. The van der Waals surface area contributed by atoms with Crippen molar-refractivity contribution in [1.82, 2.24) is 4.57 Å². The molecule has 1 aromatic carbocycles. The van der Waals surface area contributed by atoms with Crippen molar-refractivity contribution in [3.8, 4) is 0 Å². The minimum atomic E-state index is -6.00. The zero-order chi connectivity index (χ0) is 20.8. The van der Waals surface area contributed by atoms with Gasteiger partial charge in [-0.1, -0.05) is 64.5 Å². The molecular weight excluding hydrogens is 367 g/mol. The van der Waals surface area contributed by atoms with Crippen molar-refractivity contribution < 1.29 is 21.8 Å². The molecule has 28 heavy (non-hydrogen) atoms. The fourth-order valence-corrected chi connectivity index (χ4v) is 3.37. The summed E-state index contributed by atoms with van der Waals surface area (Å²) in [5, 5.41) is 0. The van der Waals surface area contributed by atoms with Crippen molar-refractivity contribution >= 4 is 18.3 Å². The number of aryl methyl sites for hydroxylation is 2. The first-order chi connectivity index (χ1) is 13.4. The molecule has 0 spiro atoms. The number of hydrogen-bond donors (Lipinski definition) is 0. The molecule has 0 radical (unpaired) electrons. The number of aromatic nitrogens is 2. The molecular formula is C21H35BF4N2. The summed E-state index contributed by atoms with van der Waals surface area (Å²) in [5.41, 5.74) is 2.80. The lowest BCUT2D eigenvalue weighted by Crippen LogP contribution is -2.32. The zero-order valence-corrected chi connectivity index (χ0v) is 17.4. The summed E-state index contributed by atoms with van der Waals surface area (Å²) in [7, 11) is -6.00. The Morgan fingerprint density at radius 3 is 1.93 bits per heavy atom. The van der Waals surface area contributed by atoms with Crippen LogP contribution >= 0.6 is 0 Å². The fraction of sp³-hybridized carbons (Fsp3) is 0.667. The van der Waals surface area contributed by atoms with E-state index in [1.165, 1.54) is 75.2 Å². The number of unbranched alkanes of at least 4 members (excludes halogenated alkanes) is 8. The van der Waals surface area contributed by atoms with Gasteiger partial charge in [-0.25, -0.2) is 9.13 Å². The number of imidazole rings is 1. The van der Waals surface area contributed by atoms with Crippen LogP contribution in [-0.2, 0) is 13.1 Å². The first-order valence-corrected chi connectivity index (χ1v) is 10.7. The monoisotopic (exact) mass is 402 g/mol. The van der Waals surface area contributed by atoms with Gasteiger partial charge in [-0.3, -0.25) is 0 Å². The second kappa shape index (κ2) is 13.6. The van der Waals surface area contributed by atoms with Gasteiger partial charge in [0, 0.05) is 0 Å². The van der Waals surface area contributed by atoms with E-state index in [0.717, 1.165) is 13.1 Å². The zero-order valence-electron chi connectivity index (χ0n) is 17.4. The highest BCUT2D eigenvalue weighted by atomic mass is 19.5. The molecule has 7 heteroatoms. The van der Waals surface area contributed by atoms with Crippen LogP contribution in [0.15, 0.2) is 30.6 Å². The Hall–Kier alpha value is -1.53. The van der Waals surface area contributed by atoms with E-state index in [1.54, 1.807) is 0 Å². The second-order valence-corrected chi connectivity index (χ2v) is 7.31. The summed E-state index contributed by atoms with van der Waals surface area (Å²) in [6.45, 7) is 6.88. The van der Waals surface area contributed by atoms with E-state index in [9.17, 15) is 17.3 Å². The molecule has 0 aliphatic carbocycles. The van der Waals surface area contributed by atoms with E-state index in [2.05, 4.69) is 53.6 Å². The molecule has 2 nitrogen and oxygen atoms in total. The van der Waals surface area contributed by atoms with Gasteiger partial charge in [0.2, 0.25) is 6.33 Å². The summed E-state index contributed by atoms with van der Waals surface area (Å²) >= 11 is 0. The molecule has 0 amide bonds. The summed E-state index contributed by atoms with van der Waals surface area (Å²) < 4.78 is 43.9. The quantitative estimate of drug-likeness (QED) is 0.154. The highest BCUT2D eigenvalue weighted by Gasteiger charge is 2.20. The van der Waals surface area contributed by atoms with Crippen molar-refractivity contribution in [3.05, 3.63) is 30.6 Å². The van der Waals surface area contributed by atoms with Crippen LogP contribution in [0, 0.1) is 0 Å². The minimum absolute atomic E-state index is 1.16. The van der Waals surface area contributed by atoms with Crippen LogP contribution in [0.1, 0.15) is 78.1 Å². The Bertz CT molecular complexity index is 601. The number of para-hydroxylation sites is 2. The molecule has 0 atom stereocenters. The molecule has 2 aromatic rings. The van der Waals surface area contributed by atoms with Gasteiger partial charge >= 0.3 is 7.25 Å². The largest absolute Gasteiger partial charge is 0.673 e. The Kier molecular flexibility index (Phi) is 11.9. The maximum Gasteiger partial charge on any atom is 0.673 e. The first-order valence-electron chi connectivity index (χ1n) is 10.7. The molecule has 0 aliphatic rings. The topological polar surface area (TPSA) is 8.81 Å². The molecule has 0 bridgehead atoms. The van der Waals surface area contributed by atoms with Crippen molar-refractivity contribution in [3.63, 3.8) is 0 Å². The van der Waals surface area contributed by atoms with Gasteiger partial charge in [0.1, 0.15) is 0 Å². The molecule has 0 unspecified atom stereocenters. The van der Waals surface area contributed by atoms with Gasteiger partial charge in [0.05, 0.1) is 13.1 Å². The van der Waals surface area contributed by atoms with Gasteiger partial charge in [0.25, 0.3) is 0 Å². The number of benzene rings is 1. The highest BCUT2D eigenvalue weighted by Crippen LogP contribution is 2.13. The lowest BCUT2D eigenvalue weighted by atomic mass is 10.1. The van der Waals surface area contributed by atoms with Crippen LogP contribution in [-0.4, -0.2) is 11.8 Å². The van der Waals surface area contributed by atoms with E-state index in [0.29, 0.717) is 0 Å². The predicted octanol–water partition coefficient (Wildman–Crippen LogP) is 7.17. The molecule has 0 saturated carbocycles. The number of fused-ring (bicyclic) bond motifs is 1. The van der Waals surface area contributed by atoms with Gasteiger partial charge in [-0.05, 0) is 37.8 Å².